The molecule has 0 saturated carbocycles. The number of aldehydes is 1. The Labute approximate surface area is 143 Å². The molecule has 0 saturated heterocycles. The molecule has 0 radical (unpaired) electrons. The van der Waals surface area contributed by atoms with Gasteiger partial charge in [0.25, 0.3) is 0 Å². The molecule has 0 aliphatic carbocycles. The summed E-state index contributed by atoms with van der Waals surface area (Å²) < 4.78 is 63.4. The van der Waals surface area contributed by atoms with Gasteiger partial charge >= 0.3 is 6.18 Å². The molecule has 9 heteroatoms. The molecule has 0 heterocycles. The smallest absolute Gasteiger partial charge is 0.380 e. The summed E-state index contributed by atoms with van der Waals surface area (Å²) in [5, 5.41) is 10.1. The van der Waals surface area contributed by atoms with Crippen LogP contribution in [0.4, 0.5) is 13.2 Å². The second-order valence-corrected chi connectivity index (χ2v) is 8.79. The Morgan fingerprint density at radius 2 is 1.79 bits per heavy atom. The highest BCUT2D eigenvalue weighted by Crippen LogP contribution is 2.44. The van der Waals surface area contributed by atoms with E-state index in [0.717, 1.165) is 12.3 Å². The Balaban J connectivity index is 3.48. The van der Waals surface area contributed by atoms with E-state index in [0.29, 0.717) is 0 Å². The van der Waals surface area contributed by atoms with Crippen LogP contribution in [0.1, 0.15) is 32.3 Å². The monoisotopic (exact) mass is 386 g/mol. The van der Waals surface area contributed by atoms with Crippen molar-refractivity contribution in [2.75, 3.05) is 6.26 Å². The van der Waals surface area contributed by atoms with Gasteiger partial charge in [-0.25, -0.2) is 8.42 Å². The van der Waals surface area contributed by atoms with Crippen molar-refractivity contribution in [1.82, 2.24) is 0 Å². The fraction of sp³-hybridized carbons (Fsp3) is 0.533. The van der Waals surface area contributed by atoms with E-state index < -0.39 is 39.9 Å². The van der Waals surface area contributed by atoms with E-state index in [1.54, 1.807) is 0 Å². The van der Waals surface area contributed by atoms with Gasteiger partial charge in [-0.05, 0) is 29.5 Å². The molecule has 4 nitrogen and oxygen atoms in total. The van der Waals surface area contributed by atoms with E-state index in [4.69, 9.17) is 11.6 Å². The highest BCUT2D eigenvalue weighted by atomic mass is 35.5. The third-order valence-corrected chi connectivity index (χ3v) is 5.13. The fourth-order valence-electron chi connectivity index (χ4n) is 2.61. The molecule has 1 aromatic rings. The lowest BCUT2D eigenvalue weighted by molar-refractivity contribution is -0.266. The standard InChI is InChI=1S/C15H18ClF3O4S/c1-13(2,9-14(21,6-7-20)15(17,18)19)11-5-4-10(16)8-12(11)24(3,22)23/h4-5,7-8,21H,6,9H2,1-3H3. The van der Waals surface area contributed by atoms with Crippen LogP contribution in [0.15, 0.2) is 23.1 Å². The predicted molar refractivity (Wildman–Crippen MR) is 83.9 cm³/mol. The lowest BCUT2D eigenvalue weighted by atomic mass is 9.74. The minimum Gasteiger partial charge on any atom is -0.380 e. The molecular weight excluding hydrogens is 369 g/mol. The van der Waals surface area contributed by atoms with Crippen molar-refractivity contribution in [2.45, 2.75) is 48.8 Å². The Bertz CT molecular complexity index is 729. The van der Waals surface area contributed by atoms with Crippen LogP contribution in [0.5, 0.6) is 0 Å². The number of hydrogen-bond donors (Lipinski definition) is 1. The summed E-state index contributed by atoms with van der Waals surface area (Å²) in [6.45, 7) is 2.73. The minimum absolute atomic E-state index is 0.0110. The first-order chi connectivity index (χ1) is 10.6. The van der Waals surface area contributed by atoms with Gasteiger partial charge in [-0.15, -0.1) is 0 Å². The molecule has 1 N–H and O–H groups in total. The summed E-state index contributed by atoms with van der Waals surface area (Å²) in [7, 11) is -3.76. The van der Waals surface area contributed by atoms with E-state index in [1.165, 1.54) is 26.0 Å². The number of alkyl halides is 3. The molecule has 0 fully saturated rings. The number of carbonyl (C=O) groups excluding carboxylic acids is 1. The Morgan fingerprint density at radius 1 is 1.25 bits per heavy atom. The summed E-state index contributed by atoms with van der Waals surface area (Å²) >= 11 is 5.79. The number of sulfone groups is 1. The average Bonchev–Trinajstić information content (AvgIpc) is 2.35. The predicted octanol–water partition coefficient (Wildman–Crippen LogP) is 3.29. The van der Waals surface area contributed by atoms with Gasteiger partial charge in [0.05, 0.1) is 4.90 Å². The van der Waals surface area contributed by atoms with Crippen LogP contribution in [0, 0.1) is 0 Å². The van der Waals surface area contributed by atoms with Gasteiger partial charge in [0.2, 0.25) is 0 Å². The summed E-state index contributed by atoms with van der Waals surface area (Å²) in [5.41, 5.74) is -4.56. The molecule has 0 aliphatic rings. The number of rotatable bonds is 6. The third kappa shape index (κ3) is 4.49. The largest absolute Gasteiger partial charge is 0.417 e. The maximum Gasteiger partial charge on any atom is 0.417 e. The second-order valence-electron chi connectivity index (χ2n) is 6.37. The van der Waals surface area contributed by atoms with Crippen molar-refractivity contribution < 1.29 is 31.5 Å². The van der Waals surface area contributed by atoms with Gasteiger partial charge in [-0.2, -0.15) is 13.2 Å². The lowest BCUT2D eigenvalue weighted by Gasteiger charge is -2.37. The maximum absolute atomic E-state index is 13.2. The van der Waals surface area contributed by atoms with Gasteiger partial charge in [0, 0.05) is 17.7 Å². The zero-order valence-electron chi connectivity index (χ0n) is 13.3. The minimum atomic E-state index is -5.04. The number of carbonyl (C=O) groups is 1. The molecule has 1 unspecified atom stereocenters. The molecule has 0 bridgehead atoms. The van der Waals surface area contributed by atoms with Crippen LogP contribution in [0.2, 0.25) is 5.02 Å². The van der Waals surface area contributed by atoms with Crippen LogP contribution in [-0.4, -0.2) is 37.8 Å². The molecule has 1 atom stereocenters. The molecule has 0 aliphatic heterocycles. The van der Waals surface area contributed by atoms with Crippen molar-refractivity contribution in [2.24, 2.45) is 0 Å². The van der Waals surface area contributed by atoms with Gasteiger partial charge in [0.1, 0.15) is 6.29 Å². The zero-order chi connectivity index (χ0) is 19.0. The van der Waals surface area contributed by atoms with Gasteiger partial charge in [-0.1, -0.05) is 31.5 Å². The fourth-order valence-corrected chi connectivity index (χ4v) is 3.94. The lowest BCUT2D eigenvalue weighted by Crippen LogP contribution is -2.49. The topological polar surface area (TPSA) is 71.4 Å². The van der Waals surface area contributed by atoms with Crippen LogP contribution < -0.4 is 0 Å². The van der Waals surface area contributed by atoms with Crippen molar-refractivity contribution >= 4 is 27.7 Å². The molecule has 1 aromatic carbocycles. The Morgan fingerprint density at radius 3 is 2.21 bits per heavy atom. The number of benzene rings is 1. The summed E-state index contributed by atoms with van der Waals surface area (Å²) in [6.07, 6.45) is -6.15. The summed E-state index contributed by atoms with van der Waals surface area (Å²) in [5.74, 6) is 0. The normalized spacial score (nSPS) is 15.8. The molecule has 136 valence electrons. The molecule has 0 amide bonds. The van der Waals surface area contributed by atoms with E-state index >= 15 is 0 Å². The van der Waals surface area contributed by atoms with Gasteiger partial charge < -0.3 is 9.90 Å². The zero-order valence-corrected chi connectivity index (χ0v) is 14.9. The van der Waals surface area contributed by atoms with Crippen molar-refractivity contribution in [1.29, 1.82) is 0 Å². The maximum atomic E-state index is 13.2. The van der Waals surface area contributed by atoms with Gasteiger partial charge in [-0.3, -0.25) is 0 Å². The number of hydrogen-bond acceptors (Lipinski definition) is 4. The van der Waals surface area contributed by atoms with Gasteiger partial charge in [0.15, 0.2) is 15.4 Å². The molecule has 1 rings (SSSR count). The Hall–Kier alpha value is -1.12. The number of aliphatic hydroxyl groups is 1. The van der Waals surface area contributed by atoms with E-state index in [1.807, 2.05) is 0 Å². The first-order valence-electron chi connectivity index (χ1n) is 6.87. The van der Waals surface area contributed by atoms with E-state index in [-0.39, 0.29) is 21.8 Å². The van der Waals surface area contributed by atoms with E-state index in [9.17, 15) is 31.5 Å². The summed E-state index contributed by atoms with van der Waals surface area (Å²) in [4.78, 5) is 10.4. The Kier molecular flexibility index (Phi) is 5.80. The average molecular weight is 387 g/mol. The molecule has 0 aromatic heterocycles. The van der Waals surface area contributed by atoms with Crippen LogP contribution in [0.3, 0.4) is 0 Å². The molecule has 24 heavy (non-hydrogen) atoms. The highest BCUT2D eigenvalue weighted by Gasteiger charge is 2.55. The summed E-state index contributed by atoms with van der Waals surface area (Å²) in [6, 6.07) is 3.83. The first-order valence-corrected chi connectivity index (χ1v) is 9.14. The van der Waals surface area contributed by atoms with Crippen molar-refractivity contribution in [3.63, 3.8) is 0 Å². The van der Waals surface area contributed by atoms with Crippen LogP contribution in [0.25, 0.3) is 0 Å². The SMILES string of the molecule is CC(C)(CC(O)(CC=O)C(F)(F)F)c1ccc(Cl)cc1S(C)(=O)=O. The number of halogens is 4. The first kappa shape index (κ1) is 20.9. The second kappa shape index (κ2) is 6.65. The third-order valence-electron chi connectivity index (χ3n) is 3.76. The highest BCUT2D eigenvalue weighted by molar-refractivity contribution is 7.90. The van der Waals surface area contributed by atoms with Crippen molar-refractivity contribution in [3.05, 3.63) is 28.8 Å². The van der Waals surface area contributed by atoms with Crippen molar-refractivity contribution in [3.8, 4) is 0 Å². The van der Waals surface area contributed by atoms with Crippen LogP contribution in [-0.2, 0) is 20.0 Å². The van der Waals surface area contributed by atoms with E-state index in [2.05, 4.69) is 0 Å². The van der Waals surface area contributed by atoms with Crippen LogP contribution >= 0.6 is 11.6 Å². The quantitative estimate of drug-likeness (QED) is 0.761. The molecular formula is C15H18ClF3O4S. The molecule has 0 spiro atoms.